The van der Waals surface area contributed by atoms with E-state index in [1.807, 2.05) is 6.92 Å². The van der Waals surface area contributed by atoms with Crippen LogP contribution in [0.25, 0.3) is 0 Å². The maximum atomic E-state index is 12.2. The average molecular weight is 232 g/mol. The summed E-state index contributed by atoms with van der Waals surface area (Å²) in [6, 6.07) is 5.31. The van der Waals surface area contributed by atoms with Crippen molar-refractivity contribution >= 4 is 11.7 Å². The van der Waals surface area contributed by atoms with Crippen LogP contribution in [0.2, 0.25) is 0 Å². The topological polar surface area (TPSA) is 53.4 Å². The Labute approximate surface area is 101 Å². The van der Waals surface area contributed by atoms with Crippen LogP contribution in [0.1, 0.15) is 27.2 Å². The normalized spacial score (nSPS) is 24.7. The molecule has 0 aliphatic carbocycles. The molecule has 0 saturated carbocycles. The van der Waals surface area contributed by atoms with Crippen molar-refractivity contribution in [2.75, 3.05) is 4.90 Å². The largest absolute Gasteiger partial charge is 0.367 e. The summed E-state index contributed by atoms with van der Waals surface area (Å²) in [6.45, 7) is 5.38. The SMILES string of the molecule is CCC1(O)C(C)=C(C)C(=O)N1c1ccccn1. The Morgan fingerprint density at radius 2 is 2.12 bits per heavy atom. The number of aromatic nitrogens is 1. The van der Waals surface area contributed by atoms with Gasteiger partial charge in [-0.05, 0) is 38.0 Å². The number of aliphatic hydroxyl groups is 1. The van der Waals surface area contributed by atoms with Gasteiger partial charge in [0, 0.05) is 11.8 Å². The predicted octanol–water partition coefficient (Wildman–Crippen LogP) is 1.86. The number of rotatable bonds is 2. The van der Waals surface area contributed by atoms with E-state index in [9.17, 15) is 9.90 Å². The maximum absolute atomic E-state index is 12.2. The Hall–Kier alpha value is -1.68. The van der Waals surface area contributed by atoms with Crippen molar-refractivity contribution in [3.63, 3.8) is 0 Å². The van der Waals surface area contributed by atoms with E-state index in [2.05, 4.69) is 4.98 Å². The van der Waals surface area contributed by atoms with E-state index in [1.54, 1.807) is 38.2 Å². The van der Waals surface area contributed by atoms with Crippen LogP contribution in [0, 0.1) is 0 Å². The van der Waals surface area contributed by atoms with Gasteiger partial charge in [-0.15, -0.1) is 0 Å². The minimum absolute atomic E-state index is 0.175. The third kappa shape index (κ3) is 1.56. The zero-order chi connectivity index (χ0) is 12.6. The van der Waals surface area contributed by atoms with Crippen molar-refractivity contribution < 1.29 is 9.90 Å². The lowest BCUT2D eigenvalue weighted by atomic mass is 10.0. The first-order valence-corrected chi connectivity index (χ1v) is 5.68. The smallest absolute Gasteiger partial charge is 0.257 e. The van der Waals surface area contributed by atoms with Gasteiger partial charge in [-0.25, -0.2) is 4.98 Å². The number of amides is 1. The van der Waals surface area contributed by atoms with E-state index in [0.29, 0.717) is 23.4 Å². The maximum Gasteiger partial charge on any atom is 0.257 e. The lowest BCUT2D eigenvalue weighted by Gasteiger charge is -2.33. The second-order valence-electron chi connectivity index (χ2n) is 4.25. The zero-order valence-electron chi connectivity index (χ0n) is 10.3. The summed E-state index contributed by atoms with van der Waals surface area (Å²) >= 11 is 0. The molecule has 1 aliphatic rings. The number of carbonyl (C=O) groups excluding carboxylic acids is 1. The highest BCUT2D eigenvalue weighted by molar-refractivity contribution is 6.09. The van der Waals surface area contributed by atoms with Crippen molar-refractivity contribution in [2.45, 2.75) is 32.9 Å². The molecule has 1 aromatic rings. The molecule has 1 N–H and O–H groups in total. The number of anilines is 1. The summed E-state index contributed by atoms with van der Waals surface area (Å²) in [5.74, 6) is 0.309. The molecule has 4 nitrogen and oxygen atoms in total. The van der Waals surface area contributed by atoms with Gasteiger partial charge < -0.3 is 5.11 Å². The Balaban J connectivity index is 2.53. The molecule has 1 aromatic heterocycles. The second kappa shape index (κ2) is 3.96. The van der Waals surface area contributed by atoms with Crippen LogP contribution >= 0.6 is 0 Å². The van der Waals surface area contributed by atoms with Crippen LogP contribution in [0.5, 0.6) is 0 Å². The van der Waals surface area contributed by atoms with Gasteiger partial charge in [0.05, 0.1) is 0 Å². The number of carbonyl (C=O) groups is 1. The van der Waals surface area contributed by atoms with Crippen molar-refractivity contribution in [3.8, 4) is 0 Å². The summed E-state index contributed by atoms with van der Waals surface area (Å²) < 4.78 is 0. The molecular formula is C13H16N2O2. The molecule has 17 heavy (non-hydrogen) atoms. The van der Waals surface area contributed by atoms with E-state index < -0.39 is 5.72 Å². The second-order valence-corrected chi connectivity index (χ2v) is 4.25. The van der Waals surface area contributed by atoms with Crippen molar-refractivity contribution in [2.24, 2.45) is 0 Å². The van der Waals surface area contributed by atoms with Crippen LogP contribution < -0.4 is 4.90 Å². The van der Waals surface area contributed by atoms with Crippen LogP contribution in [-0.2, 0) is 4.79 Å². The Kier molecular flexibility index (Phi) is 2.75. The monoisotopic (exact) mass is 232 g/mol. The molecule has 1 unspecified atom stereocenters. The molecule has 0 saturated heterocycles. The van der Waals surface area contributed by atoms with Gasteiger partial charge >= 0.3 is 0 Å². The number of pyridine rings is 1. The van der Waals surface area contributed by atoms with Gasteiger partial charge in [0.15, 0.2) is 5.72 Å². The van der Waals surface area contributed by atoms with Crippen molar-refractivity contribution in [3.05, 3.63) is 35.5 Å². The number of hydrogen-bond acceptors (Lipinski definition) is 3. The Bertz CT molecular complexity index is 481. The average Bonchev–Trinajstić information content (AvgIpc) is 2.53. The first-order valence-electron chi connectivity index (χ1n) is 5.68. The molecule has 1 amide bonds. The number of hydrogen-bond donors (Lipinski definition) is 1. The third-order valence-corrected chi connectivity index (χ3v) is 3.43. The minimum atomic E-state index is -1.24. The molecule has 0 spiro atoms. The molecule has 0 aromatic carbocycles. The van der Waals surface area contributed by atoms with E-state index in [-0.39, 0.29) is 5.91 Å². The molecule has 4 heteroatoms. The van der Waals surface area contributed by atoms with E-state index in [1.165, 1.54) is 4.90 Å². The van der Waals surface area contributed by atoms with Gasteiger partial charge in [0.1, 0.15) is 5.82 Å². The van der Waals surface area contributed by atoms with Gasteiger partial charge in [0.2, 0.25) is 0 Å². The fourth-order valence-electron chi connectivity index (χ4n) is 2.17. The summed E-state index contributed by atoms with van der Waals surface area (Å²) in [7, 11) is 0. The van der Waals surface area contributed by atoms with E-state index in [0.717, 1.165) is 0 Å². The van der Waals surface area contributed by atoms with E-state index >= 15 is 0 Å². The van der Waals surface area contributed by atoms with Crippen LogP contribution in [0.15, 0.2) is 35.5 Å². The predicted molar refractivity (Wildman–Crippen MR) is 65.3 cm³/mol. The zero-order valence-corrected chi connectivity index (χ0v) is 10.3. The summed E-state index contributed by atoms with van der Waals surface area (Å²) in [6.07, 6.45) is 2.06. The van der Waals surface area contributed by atoms with Crippen LogP contribution in [0.3, 0.4) is 0 Å². The Morgan fingerprint density at radius 1 is 1.41 bits per heavy atom. The highest BCUT2D eigenvalue weighted by Gasteiger charge is 2.47. The molecule has 1 aliphatic heterocycles. The van der Waals surface area contributed by atoms with Gasteiger partial charge in [0.25, 0.3) is 5.91 Å². The van der Waals surface area contributed by atoms with Crippen molar-refractivity contribution in [1.29, 1.82) is 0 Å². The summed E-state index contributed by atoms with van der Waals surface area (Å²) in [5, 5.41) is 10.6. The molecule has 2 heterocycles. The lowest BCUT2D eigenvalue weighted by molar-refractivity contribution is -0.117. The highest BCUT2D eigenvalue weighted by atomic mass is 16.3. The van der Waals surface area contributed by atoms with Gasteiger partial charge in [-0.3, -0.25) is 9.69 Å². The summed E-state index contributed by atoms with van der Waals surface area (Å²) in [5.41, 5.74) is 0.0610. The van der Waals surface area contributed by atoms with Crippen LogP contribution in [0.4, 0.5) is 5.82 Å². The number of nitrogens with zero attached hydrogens (tertiary/aromatic N) is 2. The van der Waals surface area contributed by atoms with Gasteiger partial charge in [-0.1, -0.05) is 13.0 Å². The van der Waals surface area contributed by atoms with Crippen LogP contribution in [-0.4, -0.2) is 21.7 Å². The Morgan fingerprint density at radius 3 is 2.65 bits per heavy atom. The van der Waals surface area contributed by atoms with Crippen molar-refractivity contribution in [1.82, 2.24) is 4.98 Å². The molecule has 90 valence electrons. The van der Waals surface area contributed by atoms with E-state index in [4.69, 9.17) is 0 Å². The molecule has 2 rings (SSSR count). The molecule has 0 bridgehead atoms. The quantitative estimate of drug-likeness (QED) is 0.846. The molecule has 0 radical (unpaired) electrons. The third-order valence-electron chi connectivity index (χ3n) is 3.43. The highest BCUT2D eigenvalue weighted by Crippen LogP contribution is 2.38. The van der Waals surface area contributed by atoms with Gasteiger partial charge in [-0.2, -0.15) is 0 Å². The summed E-state index contributed by atoms with van der Waals surface area (Å²) in [4.78, 5) is 17.7. The molecule has 0 fully saturated rings. The molecular weight excluding hydrogens is 216 g/mol. The standard InChI is InChI=1S/C13H16N2O2/c1-4-13(17)10(3)9(2)12(16)15(13)11-7-5-6-8-14-11/h5-8,17H,4H2,1-3H3. The molecule has 1 atom stereocenters. The lowest BCUT2D eigenvalue weighted by Crippen LogP contribution is -2.48. The fourth-order valence-corrected chi connectivity index (χ4v) is 2.17. The minimum Gasteiger partial charge on any atom is -0.367 e. The fraction of sp³-hybridized carbons (Fsp3) is 0.385. The first-order chi connectivity index (χ1) is 8.02. The first kappa shape index (κ1) is 11.8.